The highest BCUT2D eigenvalue weighted by Gasteiger charge is 2.40. The predicted octanol–water partition coefficient (Wildman–Crippen LogP) is 5.43. The van der Waals surface area contributed by atoms with Gasteiger partial charge in [0.2, 0.25) is 15.9 Å². The number of carbonyl (C=O) groups is 2. The lowest BCUT2D eigenvalue weighted by molar-refractivity contribution is -0.142. The van der Waals surface area contributed by atoms with Crippen molar-refractivity contribution in [1.82, 2.24) is 9.62 Å². The van der Waals surface area contributed by atoms with Gasteiger partial charge in [-0.2, -0.15) is 4.31 Å². The molecule has 10 nitrogen and oxygen atoms in total. The number of nitrogens with one attached hydrogen (secondary N) is 2. The van der Waals surface area contributed by atoms with Crippen molar-refractivity contribution in [2.24, 2.45) is 0 Å². The molecule has 1 fully saturated rings. The van der Waals surface area contributed by atoms with Gasteiger partial charge in [-0.1, -0.05) is 77.8 Å². The topological polar surface area (TPSA) is 150 Å². The van der Waals surface area contributed by atoms with Crippen molar-refractivity contribution in [3.8, 4) is 11.1 Å². The number of sulfonamides is 2. The van der Waals surface area contributed by atoms with Crippen LogP contribution in [-0.2, 0) is 36.1 Å². The number of rotatable bonds is 11. The summed E-state index contributed by atoms with van der Waals surface area (Å²) < 4.78 is 56.1. The van der Waals surface area contributed by atoms with Crippen LogP contribution in [-0.4, -0.2) is 56.8 Å². The number of halogens is 2. The Hall–Kier alpha value is -3.94. The van der Waals surface area contributed by atoms with Gasteiger partial charge in [-0.25, -0.2) is 21.6 Å². The quantitative estimate of drug-likeness (QED) is 0.189. The van der Waals surface area contributed by atoms with Gasteiger partial charge >= 0.3 is 5.97 Å². The van der Waals surface area contributed by atoms with Crippen LogP contribution in [0.4, 0.5) is 5.69 Å². The van der Waals surface area contributed by atoms with Crippen LogP contribution in [0.25, 0.3) is 11.1 Å². The molecule has 1 aliphatic rings. The smallest absolute Gasteiger partial charge is 0.326 e. The standard InChI is InChI=1S/C32H29Cl2N3O7S2/c33-24-18-25(34)20-28(19-24)46(43,44)37-16-4-7-30(37)31(38)35-29(32(39)40)17-21-8-12-26(13-9-21)36-45(41,42)27-14-10-23(11-15-27)22-5-2-1-3-6-22/h1-3,5-6,8-15,18-20,29-30,36H,4,7,16-17H2,(H,35,38)(H,39,40)/t29-,30-/m0/s1. The number of carboxylic acids is 1. The number of hydrogen-bond donors (Lipinski definition) is 3. The lowest BCUT2D eigenvalue weighted by Gasteiger charge is -2.25. The summed E-state index contributed by atoms with van der Waals surface area (Å²) in [6.45, 7) is 0.0663. The molecule has 1 saturated heterocycles. The van der Waals surface area contributed by atoms with E-state index >= 15 is 0 Å². The van der Waals surface area contributed by atoms with Gasteiger partial charge in [0.15, 0.2) is 0 Å². The van der Waals surface area contributed by atoms with Crippen LogP contribution in [0.1, 0.15) is 18.4 Å². The third-order valence-electron chi connectivity index (χ3n) is 7.48. The maximum Gasteiger partial charge on any atom is 0.326 e. The number of anilines is 1. The molecule has 4 aromatic rings. The first-order valence-corrected chi connectivity index (χ1v) is 17.8. The van der Waals surface area contributed by atoms with E-state index in [1.807, 2.05) is 30.3 Å². The first-order chi connectivity index (χ1) is 21.8. The summed E-state index contributed by atoms with van der Waals surface area (Å²) in [5, 5.41) is 12.6. The summed E-state index contributed by atoms with van der Waals surface area (Å²) in [6.07, 6.45) is 0.478. The molecular weight excluding hydrogens is 673 g/mol. The molecule has 0 bridgehead atoms. The fourth-order valence-corrected chi connectivity index (χ4v) is 8.63. The average molecular weight is 703 g/mol. The van der Waals surface area contributed by atoms with Gasteiger partial charge in [0.25, 0.3) is 10.0 Å². The number of amides is 1. The van der Waals surface area contributed by atoms with Crippen LogP contribution in [0.3, 0.4) is 0 Å². The van der Waals surface area contributed by atoms with Crippen LogP contribution in [0.5, 0.6) is 0 Å². The SMILES string of the molecule is O=C(O)[C@H](Cc1ccc(NS(=O)(=O)c2ccc(-c3ccccc3)cc2)cc1)NC(=O)[C@@H]1CCCN1S(=O)(=O)c1cc(Cl)cc(Cl)c1. The summed E-state index contributed by atoms with van der Waals surface area (Å²) >= 11 is 12.0. The van der Waals surface area contributed by atoms with Crippen molar-refractivity contribution in [2.75, 3.05) is 11.3 Å². The molecule has 2 atom stereocenters. The molecule has 46 heavy (non-hydrogen) atoms. The lowest BCUT2D eigenvalue weighted by Crippen LogP contribution is -2.51. The Bertz CT molecular complexity index is 1940. The normalized spacial score (nSPS) is 16.1. The third-order valence-corrected chi connectivity index (χ3v) is 11.2. The van der Waals surface area contributed by atoms with Crippen molar-refractivity contribution in [1.29, 1.82) is 0 Å². The Morgan fingerprint density at radius 2 is 1.43 bits per heavy atom. The second kappa shape index (κ2) is 13.8. The molecule has 0 saturated carbocycles. The zero-order chi connectivity index (χ0) is 33.1. The Balaban J connectivity index is 1.23. The molecule has 0 unspecified atom stereocenters. The van der Waals surface area contributed by atoms with E-state index < -0.39 is 44.0 Å². The first-order valence-electron chi connectivity index (χ1n) is 14.1. The minimum absolute atomic E-state index is 0.0663. The average Bonchev–Trinajstić information content (AvgIpc) is 3.53. The number of carbonyl (C=O) groups excluding carboxylic acids is 1. The van der Waals surface area contributed by atoms with E-state index in [9.17, 15) is 31.5 Å². The molecule has 3 N–H and O–H groups in total. The maximum absolute atomic E-state index is 13.3. The van der Waals surface area contributed by atoms with E-state index in [2.05, 4.69) is 10.0 Å². The van der Waals surface area contributed by atoms with Crippen LogP contribution in [0, 0.1) is 0 Å². The molecule has 240 valence electrons. The largest absolute Gasteiger partial charge is 0.480 e. The van der Waals surface area contributed by atoms with E-state index in [1.165, 1.54) is 42.5 Å². The zero-order valence-corrected chi connectivity index (χ0v) is 27.3. The molecule has 1 heterocycles. The van der Waals surface area contributed by atoms with Crippen molar-refractivity contribution >= 4 is 60.8 Å². The molecule has 14 heteroatoms. The van der Waals surface area contributed by atoms with E-state index in [0.717, 1.165) is 15.4 Å². The monoisotopic (exact) mass is 701 g/mol. The lowest BCUT2D eigenvalue weighted by atomic mass is 10.0. The molecule has 1 amide bonds. The number of nitrogens with zero attached hydrogens (tertiary/aromatic N) is 1. The second-order valence-electron chi connectivity index (χ2n) is 10.7. The fraction of sp³-hybridized carbons (Fsp3) is 0.188. The fourth-order valence-electron chi connectivity index (χ4n) is 5.19. The highest BCUT2D eigenvalue weighted by molar-refractivity contribution is 7.92. The second-order valence-corrected chi connectivity index (χ2v) is 15.1. The molecule has 0 aromatic heterocycles. The molecule has 0 aliphatic carbocycles. The molecule has 0 radical (unpaired) electrons. The Morgan fingerprint density at radius 1 is 0.826 bits per heavy atom. The zero-order valence-electron chi connectivity index (χ0n) is 24.1. The predicted molar refractivity (Wildman–Crippen MR) is 176 cm³/mol. The van der Waals surface area contributed by atoms with Crippen molar-refractivity contribution in [3.63, 3.8) is 0 Å². The highest BCUT2D eigenvalue weighted by atomic mass is 35.5. The Labute approximate surface area is 277 Å². The van der Waals surface area contributed by atoms with Gasteiger partial charge in [0, 0.05) is 28.7 Å². The van der Waals surface area contributed by atoms with E-state index in [-0.39, 0.29) is 44.9 Å². The van der Waals surface area contributed by atoms with Crippen molar-refractivity contribution < 1.29 is 31.5 Å². The van der Waals surface area contributed by atoms with Gasteiger partial charge < -0.3 is 10.4 Å². The summed E-state index contributed by atoms with van der Waals surface area (Å²) in [7, 11) is -8.05. The molecule has 0 spiro atoms. The Morgan fingerprint density at radius 3 is 2.04 bits per heavy atom. The van der Waals surface area contributed by atoms with Crippen molar-refractivity contribution in [2.45, 2.75) is 41.1 Å². The van der Waals surface area contributed by atoms with Crippen LogP contribution >= 0.6 is 23.2 Å². The number of hydrogen-bond acceptors (Lipinski definition) is 6. The van der Waals surface area contributed by atoms with Crippen LogP contribution in [0.15, 0.2) is 107 Å². The summed E-state index contributed by atoms with van der Waals surface area (Å²) in [4.78, 5) is 25.2. The van der Waals surface area contributed by atoms with Gasteiger partial charge in [-0.3, -0.25) is 9.52 Å². The summed E-state index contributed by atoms with van der Waals surface area (Å²) in [5.74, 6) is -2.06. The van der Waals surface area contributed by atoms with Crippen molar-refractivity contribution in [3.05, 3.63) is 113 Å². The van der Waals surface area contributed by atoms with Gasteiger partial charge in [0.1, 0.15) is 12.1 Å². The molecule has 5 rings (SSSR count). The van der Waals surface area contributed by atoms with E-state index in [0.29, 0.717) is 12.0 Å². The first kappa shape index (κ1) is 33.4. The molecule has 4 aromatic carbocycles. The molecule has 1 aliphatic heterocycles. The summed E-state index contributed by atoms with van der Waals surface area (Å²) in [5.41, 5.74) is 2.60. The third kappa shape index (κ3) is 7.71. The van der Waals surface area contributed by atoms with Gasteiger partial charge in [0.05, 0.1) is 9.79 Å². The maximum atomic E-state index is 13.3. The Kier molecular flexibility index (Phi) is 10.0. The molecular formula is C32H29Cl2N3O7S2. The number of carboxylic acid groups (broad SMARTS) is 1. The van der Waals surface area contributed by atoms with Gasteiger partial charge in [-0.05, 0) is 72.0 Å². The van der Waals surface area contributed by atoms with Gasteiger partial charge in [-0.15, -0.1) is 0 Å². The number of benzene rings is 4. The minimum atomic E-state index is -4.15. The van der Waals surface area contributed by atoms with Crippen LogP contribution < -0.4 is 10.0 Å². The van der Waals surface area contributed by atoms with E-state index in [1.54, 1.807) is 24.3 Å². The number of aliphatic carboxylic acids is 1. The highest BCUT2D eigenvalue weighted by Crippen LogP contribution is 2.30. The van der Waals surface area contributed by atoms with Crippen LogP contribution in [0.2, 0.25) is 10.0 Å². The minimum Gasteiger partial charge on any atom is -0.480 e. The van der Waals surface area contributed by atoms with E-state index in [4.69, 9.17) is 23.2 Å². The summed E-state index contributed by atoms with van der Waals surface area (Å²) in [6, 6.07) is 23.5.